The Morgan fingerprint density at radius 3 is 2.53 bits per heavy atom. The maximum Gasteiger partial charge on any atom is 0.252 e. The molecule has 0 aliphatic carbocycles. The molecule has 0 radical (unpaired) electrons. The van der Waals surface area contributed by atoms with E-state index in [0.717, 1.165) is 52.2 Å². The van der Waals surface area contributed by atoms with Crippen molar-refractivity contribution in [3.05, 3.63) is 65.8 Å². The number of methoxy groups -OCH3 is 1. The second-order valence-electron chi connectivity index (χ2n) is 11.6. The number of halogens is 1. The first kappa shape index (κ1) is 32.9. The lowest BCUT2D eigenvalue weighted by Gasteiger charge is -2.40. The number of likely N-dealkylation sites (tertiary alicyclic amines) is 1. The highest BCUT2D eigenvalue weighted by Gasteiger charge is 2.26. The van der Waals surface area contributed by atoms with Gasteiger partial charge in [0.25, 0.3) is 5.91 Å². The van der Waals surface area contributed by atoms with Gasteiger partial charge in [-0.25, -0.2) is 4.98 Å². The van der Waals surface area contributed by atoms with E-state index in [1.54, 1.807) is 38.6 Å². The average Bonchev–Trinajstić information content (AvgIpc) is 3.03. The summed E-state index contributed by atoms with van der Waals surface area (Å²) < 4.78 is 23.9. The summed E-state index contributed by atoms with van der Waals surface area (Å²) in [4.78, 5) is 26.8. The molecule has 0 saturated carbocycles. The van der Waals surface area contributed by atoms with Crippen LogP contribution in [0.4, 0.5) is 28.8 Å². The van der Waals surface area contributed by atoms with Crippen LogP contribution in [0.3, 0.4) is 0 Å². The van der Waals surface area contributed by atoms with E-state index in [-0.39, 0.29) is 11.9 Å². The number of piperidine rings is 1. The number of para-hydroxylation sites is 1. The van der Waals surface area contributed by atoms with Crippen molar-refractivity contribution in [3.63, 3.8) is 0 Å². The van der Waals surface area contributed by atoms with E-state index in [1.165, 1.54) is 6.20 Å². The molecular weight excluding hydrogens is 613 g/mol. The Hall–Kier alpha value is -3.47. The second kappa shape index (κ2) is 14.7. The second-order valence-corrected chi connectivity index (χ2v) is 15.2. The number of carbonyl (C=O) groups excluding carboxylic acids is 1. The van der Waals surface area contributed by atoms with E-state index in [9.17, 15) is 9.36 Å². The summed E-state index contributed by atoms with van der Waals surface area (Å²) in [5.74, 6) is 0.899. The van der Waals surface area contributed by atoms with Gasteiger partial charge in [-0.05, 0) is 69.6 Å². The van der Waals surface area contributed by atoms with E-state index < -0.39 is 7.14 Å². The molecule has 0 unspecified atom stereocenters. The van der Waals surface area contributed by atoms with E-state index in [4.69, 9.17) is 21.1 Å². The number of aromatic nitrogens is 2. The normalized spacial score (nSPS) is 16.6. The molecule has 3 aromatic rings. The third-order valence-electron chi connectivity index (χ3n) is 8.04. The van der Waals surface area contributed by atoms with Crippen molar-refractivity contribution in [2.75, 3.05) is 82.3 Å². The van der Waals surface area contributed by atoms with Gasteiger partial charge in [-0.2, -0.15) is 4.98 Å². The van der Waals surface area contributed by atoms with E-state index in [1.807, 2.05) is 24.3 Å². The van der Waals surface area contributed by atoms with Crippen molar-refractivity contribution in [2.24, 2.45) is 0 Å². The molecule has 11 nitrogen and oxygen atoms in total. The van der Waals surface area contributed by atoms with Crippen LogP contribution < -0.4 is 26.0 Å². The highest BCUT2D eigenvalue weighted by molar-refractivity contribution is 7.70. The summed E-state index contributed by atoms with van der Waals surface area (Å²) in [7, 11) is -1.000. The SMILES string of the molecule is C=C(CN1CCC(N2CCOCC2)CC1)C(=O)Nc1ccc(OC)c(Nc2ncc(Cl)c(Nc3ccccc3P(C)(C)=O)n2)c1. The quantitative estimate of drug-likeness (QED) is 0.189. The summed E-state index contributed by atoms with van der Waals surface area (Å²) in [6, 6.07) is 13.2. The van der Waals surface area contributed by atoms with Crippen LogP contribution >= 0.6 is 18.7 Å². The molecular formula is C32H41ClN7O4P. The standard InChI is InChI=1S/C32H41ClN7O4P/c1-22(21-39-13-11-24(12-14-39)40-15-17-44-18-16-40)31(41)35-23-9-10-28(43-2)27(19-23)37-32-34-20-25(33)30(38-32)36-26-7-5-6-8-29(26)45(3,4)42/h5-10,19-20,24H,1,11-18,21H2,2-4H3,(H,35,41)(H2,34,36,37,38). The molecule has 2 aliphatic heterocycles. The van der Waals surface area contributed by atoms with Gasteiger partial charge in [0.15, 0.2) is 5.82 Å². The zero-order valence-electron chi connectivity index (χ0n) is 26.0. The molecule has 3 N–H and O–H groups in total. The van der Waals surface area contributed by atoms with Crippen molar-refractivity contribution in [3.8, 4) is 5.75 Å². The van der Waals surface area contributed by atoms with Crippen LogP contribution in [0.2, 0.25) is 5.02 Å². The Labute approximate surface area is 269 Å². The number of morpholine rings is 1. The Bertz CT molecular complexity index is 1570. The first-order valence-electron chi connectivity index (χ1n) is 15.0. The van der Waals surface area contributed by atoms with E-state index >= 15 is 0 Å². The smallest absolute Gasteiger partial charge is 0.252 e. The molecule has 1 aromatic heterocycles. The lowest BCUT2D eigenvalue weighted by molar-refractivity contribution is -0.113. The largest absolute Gasteiger partial charge is 0.495 e. The Kier molecular flexibility index (Phi) is 10.8. The van der Waals surface area contributed by atoms with Crippen LogP contribution in [0.25, 0.3) is 0 Å². The summed E-state index contributed by atoms with van der Waals surface area (Å²) in [5, 5.41) is 10.3. The van der Waals surface area contributed by atoms with Gasteiger partial charge < -0.3 is 30.0 Å². The lowest BCUT2D eigenvalue weighted by Crippen LogP contribution is -2.49. The zero-order chi connectivity index (χ0) is 32.0. The van der Waals surface area contributed by atoms with Crippen LogP contribution in [0.1, 0.15) is 12.8 Å². The van der Waals surface area contributed by atoms with Crippen molar-refractivity contribution >= 4 is 58.8 Å². The van der Waals surface area contributed by atoms with Crippen LogP contribution in [0.5, 0.6) is 5.75 Å². The molecule has 0 spiro atoms. The highest BCUT2D eigenvalue weighted by atomic mass is 35.5. The summed E-state index contributed by atoms with van der Waals surface area (Å²) >= 11 is 6.42. The summed E-state index contributed by atoms with van der Waals surface area (Å²) in [6.07, 6.45) is 3.64. The number of carbonyl (C=O) groups is 1. The van der Waals surface area contributed by atoms with Crippen LogP contribution in [-0.2, 0) is 14.1 Å². The predicted molar refractivity (Wildman–Crippen MR) is 182 cm³/mol. The number of benzene rings is 2. The minimum Gasteiger partial charge on any atom is -0.495 e. The molecule has 0 atom stereocenters. The Morgan fingerprint density at radius 2 is 1.82 bits per heavy atom. The Balaban J connectivity index is 1.22. The number of rotatable bonds is 11. The summed E-state index contributed by atoms with van der Waals surface area (Å²) in [5.41, 5.74) is 2.28. The van der Waals surface area contributed by atoms with Gasteiger partial charge in [0.1, 0.15) is 17.9 Å². The number of nitrogens with one attached hydrogen (secondary N) is 3. The van der Waals surface area contributed by atoms with Crippen molar-refractivity contribution in [1.82, 2.24) is 19.8 Å². The molecule has 240 valence electrons. The Morgan fingerprint density at radius 1 is 1.09 bits per heavy atom. The molecule has 2 aliphatic rings. The van der Waals surface area contributed by atoms with Gasteiger partial charge in [0, 0.05) is 42.2 Å². The molecule has 2 aromatic carbocycles. The number of hydrogen-bond donors (Lipinski definition) is 3. The molecule has 0 bridgehead atoms. The minimum absolute atomic E-state index is 0.238. The van der Waals surface area contributed by atoms with Crippen LogP contribution in [0.15, 0.2) is 60.8 Å². The molecule has 2 saturated heterocycles. The van der Waals surface area contributed by atoms with E-state index in [0.29, 0.717) is 57.1 Å². The van der Waals surface area contributed by atoms with Gasteiger partial charge in [-0.15, -0.1) is 0 Å². The van der Waals surface area contributed by atoms with Crippen molar-refractivity contribution in [2.45, 2.75) is 18.9 Å². The number of amides is 1. The highest BCUT2D eigenvalue weighted by Crippen LogP contribution is 2.39. The maximum atomic E-state index is 13.1. The zero-order valence-corrected chi connectivity index (χ0v) is 27.7. The molecule has 45 heavy (non-hydrogen) atoms. The van der Waals surface area contributed by atoms with Gasteiger partial charge in [0.05, 0.1) is 37.9 Å². The van der Waals surface area contributed by atoms with Gasteiger partial charge in [-0.3, -0.25) is 14.6 Å². The maximum absolute atomic E-state index is 13.1. The molecule has 2 fully saturated rings. The monoisotopic (exact) mass is 653 g/mol. The van der Waals surface area contributed by atoms with Crippen molar-refractivity contribution in [1.29, 1.82) is 0 Å². The molecule has 1 amide bonds. The van der Waals surface area contributed by atoms with Gasteiger partial charge in [0.2, 0.25) is 5.95 Å². The van der Waals surface area contributed by atoms with Gasteiger partial charge >= 0.3 is 0 Å². The third kappa shape index (κ3) is 8.62. The lowest BCUT2D eigenvalue weighted by atomic mass is 10.0. The topological polar surface area (TPSA) is 121 Å². The van der Waals surface area contributed by atoms with Crippen LogP contribution in [0, 0.1) is 0 Å². The summed E-state index contributed by atoms with van der Waals surface area (Å²) in [6.45, 7) is 13.5. The first-order valence-corrected chi connectivity index (χ1v) is 18.0. The first-order chi connectivity index (χ1) is 21.6. The predicted octanol–water partition coefficient (Wildman–Crippen LogP) is 5.17. The average molecular weight is 654 g/mol. The number of ether oxygens (including phenoxy) is 2. The number of anilines is 5. The van der Waals surface area contributed by atoms with E-state index in [2.05, 4.69) is 42.3 Å². The third-order valence-corrected chi connectivity index (χ3v) is 9.87. The van der Waals surface area contributed by atoms with Crippen LogP contribution in [-0.4, -0.2) is 98.1 Å². The minimum atomic E-state index is -2.56. The molecule has 5 rings (SSSR count). The molecule has 3 heterocycles. The fraction of sp³-hybridized carbons (Fsp3) is 0.406. The van der Waals surface area contributed by atoms with Gasteiger partial charge in [-0.1, -0.05) is 30.3 Å². The number of hydrogen-bond acceptors (Lipinski definition) is 10. The molecule has 13 heteroatoms. The fourth-order valence-electron chi connectivity index (χ4n) is 5.64. The fourth-order valence-corrected chi connectivity index (χ4v) is 6.94. The number of nitrogens with zero attached hydrogens (tertiary/aromatic N) is 4. The van der Waals surface area contributed by atoms with Crippen molar-refractivity contribution < 1.29 is 18.8 Å².